The van der Waals surface area contributed by atoms with Crippen molar-refractivity contribution in [2.24, 2.45) is 0 Å². The van der Waals surface area contributed by atoms with E-state index in [0.717, 1.165) is 37.6 Å². The molecule has 0 radical (unpaired) electrons. The Kier molecular flexibility index (Phi) is 4.23. The Hall–Kier alpha value is -1.94. The largest absolute Gasteiger partial charge is 0.493 e. The number of para-hydroxylation sites is 1. The monoisotopic (exact) mass is 323 g/mol. The van der Waals surface area contributed by atoms with Crippen molar-refractivity contribution in [1.29, 1.82) is 0 Å². The van der Waals surface area contributed by atoms with Gasteiger partial charge < -0.3 is 4.74 Å². The SMILES string of the molecule is CCCOc1ccccc1CN1[C@H]2CC[C@H]1c1cnc(C)nc1C2. The van der Waals surface area contributed by atoms with Gasteiger partial charge in [0.15, 0.2) is 0 Å². The molecular formula is C20H25N3O. The molecule has 0 saturated carbocycles. The van der Waals surface area contributed by atoms with E-state index in [1.165, 1.54) is 29.7 Å². The molecule has 2 aromatic rings. The van der Waals surface area contributed by atoms with Gasteiger partial charge in [-0.1, -0.05) is 25.1 Å². The summed E-state index contributed by atoms with van der Waals surface area (Å²) in [6.07, 6.45) is 6.59. The summed E-state index contributed by atoms with van der Waals surface area (Å²) in [5.41, 5.74) is 3.89. The first-order valence-corrected chi connectivity index (χ1v) is 9.05. The third-order valence-corrected chi connectivity index (χ3v) is 5.24. The van der Waals surface area contributed by atoms with Crippen molar-refractivity contribution in [3.63, 3.8) is 0 Å². The Morgan fingerprint density at radius 3 is 3.00 bits per heavy atom. The first-order chi connectivity index (χ1) is 11.8. The lowest BCUT2D eigenvalue weighted by Gasteiger charge is -2.36. The van der Waals surface area contributed by atoms with Crippen LogP contribution in [0.25, 0.3) is 0 Å². The molecule has 0 amide bonds. The summed E-state index contributed by atoms with van der Waals surface area (Å²) in [6.45, 7) is 5.85. The molecule has 24 heavy (non-hydrogen) atoms. The highest BCUT2D eigenvalue weighted by atomic mass is 16.5. The van der Waals surface area contributed by atoms with Crippen LogP contribution in [0.2, 0.25) is 0 Å². The topological polar surface area (TPSA) is 38.2 Å². The predicted octanol–water partition coefficient (Wildman–Crippen LogP) is 3.84. The lowest BCUT2D eigenvalue weighted by atomic mass is 9.98. The van der Waals surface area contributed by atoms with Gasteiger partial charge in [-0.25, -0.2) is 9.97 Å². The number of hydrogen-bond donors (Lipinski definition) is 0. The molecule has 3 heterocycles. The second kappa shape index (κ2) is 6.52. The molecule has 0 N–H and O–H groups in total. The van der Waals surface area contributed by atoms with E-state index in [4.69, 9.17) is 9.72 Å². The van der Waals surface area contributed by atoms with Gasteiger partial charge in [0.25, 0.3) is 0 Å². The second-order valence-electron chi connectivity index (χ2n) is 6.90. The van der Waals surface area contributed by atoms with Crippen molar-refractivity contribution in [3.8, 4) is 5.75 Å². The standard InChI is InChI=1S/C20H25N3O/c1-3-10-24-20-7-5-4-6-15(20)13-23-16-8-9-19(23)17-12-21-14(2)22-18(17)11-16/h4-7,12,16,19H,3,8-11,13H2,1-2H3/t16-,19-/m0/s1. The highest BCUT2D eigenvalue weighted by Gasteiger charge is 2.40. The fraction of sp³-hybridized carbons (Fsp3) is 0.500. The molecule has 1 saturated heterocycles. The lowest BCUT2D eigenvalue weighted by Crippen LogP contribution is -2.37. The van der Waals surface area contributed by atoms with Crippen LogP contribution in [0.5, 0.6) is 5.75 Å². The zero-order valence-corrected chi connectivity index (χ0v) is 14.5. The van der Waals surface area contributed by atoms with Crippen molar-refractivity contribution in [1.82, 2.24) is 14.9 Å². The van der Waals surface area contributed by atoms with Gasteiger partial charge in [-0.3, -0.25) is 4.90 Å². The van der Waals surface area contributed by atoms with Crippen LogP contribution in [0.4, 0.5) is 0 Å². The van der Waals surface area contributed by atoms with Crippen LogP contribution in [0.1, 0.15) is 54.9 Å². The Morgan fingerprint density at radius 1 is 1.25 bits per heavy atom. The van der Waals surface area contributed by atoms with Crippen molar-refractivity contribution < 1.29 is 4.74 Å². The summed E-state index contributed by atoms with van der Waals surface area (Å²) in [5.74, 6) is 1.92. The van der Waals surface area contributed by atoms with Crippen molar-refractivity contribution in [2.75, 3.05) is 6.61 Å². The Morgan fingerprint density at radius 2 is 2.12 bits per heavy atom. The number of fused-ring (bicyclic) bond motifs is 4. The summed E-state index contributed by atoms with van der Waals surface area (Å²) in [4.78, 5) is 11.8. The first kappa shape index (κ1) is 15.6. The highest BCUT2D eigenvalue weighted by Crippen LogP contribution is 2.44. The zero-order chi connectivity index (χ0) is 16.5. The molecule has 1 aromatic heterocycles. The Labute approximate surface area is 143 Å². The van der Waals surface area contributed by atoms with E-state index in [2.05, 4.69) is 47.3 Å². The molecule has 4 heteroatoms. The van der Waals surface area contributed by atoms with Crippen LogP contribution in [0, 0.1) is 6.92 Å². The third-order valence-electron chi connectivity index (χ3n) is 5.24. The quantitative estimate of drug-likeness (QED) is 0.838. The van der Waals surface area contributed by atoms with E-state index in [-0.39, 0.29) is 0 Å². The molecule has 0 aliphatic carbocycles. The van der Waals surface area contributed by atoms with Gasteiger partial charge in [-0.05, 0) is 32.3 Å². The van der Waals surface area contributed by atoms with E-state index >= 15 is 0 Å². The van der Waals surface area contributed by atoms with Gasteiger partial charge in [0, 0.05) is 42.4 Å². The van der Waals surface area contributed by atoms with E-state index in [0.29, 0.717) is 12.1 Å². The van der Waals surface area contributed by atoms with E-state index in [1.54, 1.807) is 0 Å². The van der Waals surface area contributed by atoms with Gasteiger partial charge in [0.2, 0.25) is 0 Å². The molecule has 1 aromatic carbocycles. The average Bonchev–Trinajstić information content (AvgIpc) is 2.87. The Balaban J connectivity index is 1.59. The fourth-order valence-electron chi connectivity index (χ4n) is 4.10. The molecule has 1 fully saturated rings. The molecule has 0 spiro atoms. The predicted molar refractivity (Wildman–Crippen MR) is 94.0 cm³/mol. The number of rotatable bonds is 5. The molecule has 4 rings (SSSR count). The summed E-state index contributed by atoms with van der Waals surface area (Å²) in [7, 11) is 0. The van der Waals surface area contributed by atoms with E-state index in [9.17, 15) is 0 Å². The van der Waals surface area contributed by atoms with Crippen molar-refractivity contribution in [3.05, 3.63) is 53.1 Å². The molecule has 2 aliphatic rings. The maximum atomic E-state index is 5.95. The number of aryl methyl sites for hydroxylation is 1. The van der Waals surface area contributed by atoms with Crippen LogP contribution in [0.3, 0.4) is 0 Å². The van der Waals surface area contributed by atoms with Gasteiger partial charge in [0.1, 0.15) is 11.6 Å². The van der Waals surface area contributed by atoms with Gasteiger partial charge in [0.05, 0.1) is 12.3 Å². The number of nitrogens with zero attached hydrogens (tertiary/aromatic N) is 3. The minimum atomic E-state index is 0.457. The minimum absolute atomic E-state index is 0.457. The number of hydrogen-bond acceptors (Lipinski definition) is 4. The molecule has 2 bridgehead atoms. The molecule has 126 valence electrons. The first-order valence-electron chi connectivity index (χ1n) is 9.05. The van der Waals surface area contributed by atoms with Crippen LogP contribution in [-0.2, 0) is 13.0 Å². The summed E-state index contributed by atoms with van der Waals surface area (Å²) in [5, 5.41) is 0. The average molecular weight is 323 g/mol. The van der Waals surface area contributed by atoms with Gasteiger partial charge >= 0.3 is 0 Å². The zero-order valence-electron chi connectivity index (χ0n) is 14.5. The maximum absolute atomic E-state index is 5.95. The second-order valence-corrected chi connectivity index (χ2v) is 6.90. The summed E-state index contributed by atoms with van der Waals surface area (Å²) < 4.78 is 5.95. The van der Waals surface area contributed by atoms with Gasteiger partial charge in [-0.15, -0.1) is 0 Å². The summed E-state index contributed by atoms with van der Waals surface area (Å²) >= 11 is 0. The van der Waals surface area contributed by atoms with Crippen molar-refractivity contribution >= 4 is 0 Å². The third kappa shape index (κ3) is 2.80. The normalized spacial score (nSPS) is 22.4. The van der Waals surface area contributed by atoms with Crippen molar-refractivity contribution in [2.45, 2.75) is 58.2 Å². The lowest BCUT2D eigenvalue weighted by molar-refractivity contribution is 0.163. The fourth-order valence-corrected chi connectivity index (χ4v) is 4.10. The molecule has 2 atom stereocenters. The smallest absolute Gasteiger partial charge is 0.125 e. The Bertz CT molecular complexity index is 731. The van der Waals surface area contributed by atoms with Gasteiger partial charge in [-0.2, -0.15) is 0 Å². The van der Waals surface area contributed by atoms with Crippen LogP contribution >= 0.6 is 0 Å². The molecule has 2 aliphatic heterocycles. The van der Waals surface area contributed by atoms with E-state index < -0.39 is 0 Å². The van der Waals surface area contributed by atoms with Crippen LogP contribution < -0.4 is 4.74 Å². The molecular weight excluding hydrogens is 298 g/mol. The molecule has 4 nitrogen and oxygen atoms in total. The number of ether oxygens (including phenoxy) is 1. The number of aromatic nitrogens is 2. The van der Waals surface area contributed by atoms with Crippen LogP contribution in [-0.4, -0.2) is 27.5 Å². The maximum Gasteiger partial charge on any atom is 0.125 e. The van der Waals surface area contributed by atoms with Crippen LogP contribution in [0.15, 0.2) is 30.5 Å². The summed E-state index contributed by atoms with van der Waals surface area (Å²) in [6, 6.07) is 9.52. The highest BCUT2D eigenvalue weighted by molar-refractivity contribution is 5.35. The van der Waals surface area contributed by atoms with E-state index in [1.807, 2.05) is 6.92 Å². The number of benzene rings is 1. The molecule has 0 unspecified atom stereocenters. The minimum Gasteiger partial charge on any atom is -0.493 e.